The zero-order chi connectivity index (χ0) is 17.9. The molecule has 6 heteroatoms. The maximum atomic E-state index is 12.8. The number of nitrogens with one attached hydrogen (secondary N) is 1. The fourth-order valence-electron chi connectivity index (χ4n) is 3.30. The van der Waals surface area contributed by atoms with Crippen molar-refractivity contribution >= 4 is 22.5 Å². The summed E-state index contributed by atoms with van der Waals surface area (Å²) in [5.74, 6) is 1.64. The zero-order valence-electron chi connectivity index (χ0n) is 15.0. The summed E-state index contributed by atoms with van der Waals surface area (Å²) >= 11 is 0. The van der Waals surface area contributed by atoms with Gasteiger partial charge in [0.2, 0.25) is 0 Å². The summed E-state index contributed by atoms with van der Waals surface area (Å²) < 4.78 is 0. The summed E-state index contributed by atoms with van der Waals surface area (Å²) in [6.45, 7) is 4.14. The second-order valence-electron chi connectivity index (χ2n) is 7.00. The number of hydrogen-bond acceptors (Lipinski definition) is 5. The number of benzene rings is 1. The Balaban J connectivity index is 1.55. The Bertz CT molecular complexity index is 915. The Hall–Kier alpha value is -2.76. The molecule has 4 rings (SSSR count). The quantitative estimate of drug-likeness (QED) is 0.631. The molecule has 1 fully saturated rings. The summed E-state index contributed by atoms with van der Waals surface area (Å²) in [6.07, 6.45) is 7.24. The minimum atomic E-state index is 0.00483. The van der Waals surface area contributed by atoms with E-state index in [1.165, 1.54) is 19.2 Å². The van der Waals surface area contributed by atoms with Gasteiger partial charge in [-0.05, 0) is 36.8 Å². The molecular weight excluding hydrogens is 326 g/mol. The molecule has 0 radical (unpaired) electrons. The molecule has 1 aromatic carbocycles. The van der Waals surface area contributed by atoms with Crippen LogP contribution in [-0.2, 0) is 6.42 Å². The van der Waals surface area contributed by atoms with Gasteiger partial charge in [-0.1, -0.05) is 19.1 Å². The smallest absolute Gasteiger partial charge is 0.185 e. The van der Waals surface area contributed by atoms with Crippen molar-refractivity contribution in [1.82, 2.24) is 20.2 Å². The van der Waals surface area contributed by atoms with Crippen molar-refractivity contribution in [2.45, 2.75) is 32.6 Å². The second-order valence-corrected chi connectivity index (χ2v) is 7.00. The number of carbonyl (C=O) groups is 1. The molecule has 0 amide bonds. The van der Waals surface area contributed by atoms with Crippen molar-refractivity contribution in [3.8, 4) is 0 Å². The Labute approximate surface area is 152 Å². The van der Waals surface area contributed by atoms with Crippen LogP contribution in [0, 0.1) is 5.92 Å². The first-order chi connectivity index (χ1) is 12.7. The minimum Gasteiger partial charge on any atom is -0.356 e. The minimum absolute atomic E-state index is 0.00483. The summed E-state index contributed by atoms with van der Waals surface area (Å²) in [5.41, 5.74) is 2.38. The highest BCUT2D eigenvalue weighted by Gasteiger charge is 2.25. The maximum Gasteiger partial charge on any atom is 0.185 e. The Morgan fingerprint density at radius 3 is 3.00 bits per heavy atom. The molecule has 6 nitrogen and oxygen atoms in total. The number of fused-ring (bicyclic) bond motifs is 1. The van der Waals surface area contributed by atoms with Crippen LogP contribution in [0.3, 0.4) is 0 Å². The van der Waals surface area contributed by atoms with E-state index in [2.05, 4.69) is 32.0 Å². The summed E-state index contributed by atoms with van der Waals surface area (Å²) in [6, 6.07) is 7.71. The van der Waals surface area contributed by atoms with E-state index in [0.717, 1.165) is 47.7 Å². The van der Waals surface area contributed by atoms with Gasteiger partial charge in [0, 0.05) is 31.0 Å². The monoisotopic (exact) mass is 349 g/mol. The molecule has 26 heavy (non-hydrogen) atoms. The van der Waals surface area contributed by atoms with Crippen LogP contribution >= 0.6 is 0 Å². The van der Waals surface area contributed by atoms with E-state index in [1.54, 1.807) is 6.20 Å². The number of aromatic amines is 1. The first-order valence-corrected chi connectivity index (χ1v) is 9.25. The van der Waals surface area contributed by atoms with Crippen LogP contribution in [0.25, 0.3) is 10.9 Å². The second kappa shape index (κ2) is 7.23. The van der Waals surface area contributed by atoms with Gasteiger partial charge in [0.1, 0.15) is 17.8 Å². The van der Waals surface area contributed by atoms with Gasteiger partial charge in [-0.25, -0.2) is 9.97 Å². The normalized spacial score (nSPS) is 13.9. The van der Waals surface area contributed by atoms with Crippen LogP contribution in [0.4, 0.5) is 5.82 Å². The first-order valence-electron chi connectivity index (χ1n) is 9.25. The van der Waals surface area contributed by atoms with Gasteiger partial charge in [-0.3, -0.25) is 9.89 Å². The van der Waals surface area contributed by atoms with E-state index in [0.29, 0.717) is 12.1 Å². The summed E-state index contributed by atoms with van der Waals surface area (Å²) in [5, 5.41) is 7.99. The van der Waals surface area contributed by atoms with E-state index in [-0.39, 0.29) is 5.78 Å². The molecule has 0 bridgehead atoms. The standard InChI is InChI=1S/C20H23N5O/c1-2-8-25(12-14-6-7-14)20-10-18(21-13-22-20)19(26)9-15-4-3-5-17-16(15)11-23-24-17/h3-5,10-11,13-14H,2,6-9,12H2,1H3,(H,23,24). The number of H-pyrrole nitrogens is 1. The SMILES string of the molecule is CCCN(CC1CC1)c1cc(C(=O)Cc2cccc3[nH]ncc23)ncn1. The third kappa shape index (κ3) is 3.59. The lowest BCUT2D eigenvalue weighted by molar-refractivity contribution is 0.0988. The molecule has 0 saturated heterocycles. The molecule has 2 aromatic heterocycles. The van der Waals surface area contributed by atoms with Gasteiger partial charge >= 0.3 is 0 Å². The van der Waals surface area contributed by atoms with Gasteiger partial charge in [-0.2, -0.15) is 5.10 Å². The number of carbonyl (C=O) groups excluding carboxylic acids is 1. The molecule has 0 atom stereocenters. The van der Waals surface area contributed by atoms with E-state index < -0.39 is 0 Å². The van der Waals surface area contributed by atoms with Crippen molar-refractivity contribution in [2.24, 2.45) is 5.92 Å². The number of anilines is 1. The summed E-state index contributed by atoms with van der Waals surface area (Å²) in [4.78, 5) is 23.7. The van der Waals surface area contributed by atoms with Gasteiger partial charge in [0.05, 0.1) is 11.7 Å². The van der Waals surface area contributed by atoms with Gasteiger partial charge < -0.3 is 4.90 Å². The van der Waals surface area contributed by atoms with Crippen molar-refractivity contribution in [3.05, 3.63) is 48.0 Å². The predicted molar refractivity (Wildman–Crippen MR) is 101 cm³/mol. The fourth-order valence-corrected chi connectivity index (χ4v) is 3.30. The number of nitrogens with zero attached hydrogens (tertiary/aromatic N) is 4. The Kier molecular flexibility index (Phi) is 4.65. The van der Waals surface area contributed by atoms with Crippen LogP contribution in [0.1, 0.15) is 42.2 Å². The maximum absolute atomic E-state index is 12.8. The average molecular weight is 349 g/mol. The number of hydrogen-bond donors (Lipinski definition) is 1. The molecule has 1 saturated carbocycles. The molecule has 134 valence electrons. The molecular formula is C20H23N5O. The molecule has 0 unspecified atom stereocenters. The highest BCUT2D eigenvalue weighted by atomic mass is 16.1. The van der Waals surface area contributed by atoms with Crippen molar-refractivity contribution in [1.29, 1.82) is 0 Å². The molecule has 2 heterocycles. The van der Waals surface area contributed by atoms with Crippen LogP contribution < -0.4 is 4.90 Å². The number of Topliss-reactive ketones (excluding diaryl/α,β-unsaturated/α-hetero) is 1. The molecule has 3 aromatic rings. The zero-order valence-corrected chi connectivity index (χ0v) is 15.0. The third-order valence-corrected chi connectivity index (χ3v) is 4.86. The lowest BCUT2D eigenvalue weighted by atomic mass is 10.0. The lowest BCUT2D eigenvalue weighted by Gasteiger charge is -2.23. The largest absolute Gasteiger partial charge is 0.356 e. The van der Waals surface area contributed by atoms with Crippen molar-refractivity contribution in [3.63, 3.8) is 0 Å². The van der Waals surface area contributed by atoms with Crippen LogP contribution in [0.15, 0.2) is 36.8 Å². The van der Waals surface area contributed by atoms with Crippen LogP contribution in [-0.4, -0.2) is 39.0 Å². The van der Waals surface area contributed by atoms with Gasteiger partial charge in [0.25, 0.3) is 0 Å². The molecule has 1 aliphatic carbocycles. The number of aromatic nitrogens is 4. The van der Waals surface area contributed by atoms with E-state index in [9.17, 15) is 4.79 Å². The van der Waals surface area contributed by atoms with E-state index in [4.69, 9.17) is 0 Å². The predicted octanol–water partition coefficient (Wildman–Crippen LogP) is 3.40. The van der Waals surface area contributed by atoms with Gasteiger partial charge in [-0.15, -0.1) is 0 Å². The highest BCUT2D eigenvalue weighted by Crippen LogP contribution is 2.31. The third-order valence-electron chi connectivity index (χ3n) is 4.86. The molecule has 1 N–H and O–H groups in total. The topological polar surface area (TPSA) is 74.8 Å². The van der Waals surface area contributed by atoms with Crippen LogP contribution in [0.2, 0.25) is 0 Å². The van der Waals surface area contributed by atoms with Crippen molar-refractivity contribution in [2.75, 3.05) is 18.0 Å². The number of rotatable bonds is 8. The lowest BCUT2D eigenvalue weighted by Crippen LogP contribution is -2.27. The molecule has 0 aliphatic heterocycles. The Morgan fingerprint density at radius 2 is 2.19 bits per heavy atom. The Morgan fingerprint density at radius 1 is 1.31 bits per heavy atom. The molecule has 0 spiro atoms. The van der Waals surface area contributed by atoms with Gasteiger partial charge in [0.15, 0.2) is 5.78 Å². The van der Waals surface area contributed by atoms with Crippen LogP contribution in [0.5, 0.6) is 0 Å². The van der Waals surface area contributed by atoms with E-state index >= 15 is 0 Å². The highest BCUT2D eigenvalue weighted by molar-refractivity contribution is 5.98. The van der Waals surface area contributed by atoms with Crippen molar-refractivity contribution < 1.29 is 4.79 Å². The first kappa shape index (κ1) is 16.7. The fraction of sp³-hybridized carbons (Fsp3) is 0.400. The average Bonchev–Trinajstić information content (AvgIpc) is 3.34. The molecule has 1 aliphatic rings. The summed E-state index contributed by atoms with van der Waals surface area (Å²) in [7, 11) is 0. The van der Waals surface area contributed by atoms with E-state index in [1.807, 2.05) is 24.3 Å². The number of ketones is 1.